The average Bonchev–Trinajstić information content (AvgIpc) is 2.61. The highest BCUT2D eigenvalue weighted by molar-refractivity contribution is 5.46. The molecule has 0 aliphatic heterocycles. The molecule has 3 heteroatoms. The van der Waals surface area contributed by atoms with Crippen LogP contribution in [0.4, 0.5) is 5.69 Å². The lowest BCUT2D eigenvalue weighted by Gasteiger charge is -2.10. The van der Waals surface area contributed by atoms with E-state index in [1.54, 1.807) is 0 Å². The normalized spacial score (nSPS) is 10.8. The largest absolute Gasteiger partial charge is 0.494 e. The molecule has 2 N–H and O–H groups in total. The maximum atomic E-state index is 5.77. The Morgan fingerprint density at radius 2 is 1.38 bits per heavy atom. The van der Waals surface area contributed by atoms with Gasteiger partial charge in [-0.25, -0.2) is 0 Å². The van der Waals surface area contributed by atoms with Crippen molar-refractivity contribution >= 4 is 5.69 Å². The van der Waals surface area contributed by atoms with Gasteiger partial charge >= 0.3 is 0 Å². The van der Waals surface area contributed by atoms with Crippen LogP contribution in [0.1, 0.15) is 71.6 Å². The van der Waals surface area contributed by atoms with Gasteiger partial charge in [0.15, 0.2) is 0 Å². The minimum Gasteiger partial charge on any atom is -0.494 e. The number of benzene rings is 1. The summed E-state index contributed by atoms with van der Waals surface area (Å²) in [4.78, 5) is 0. The summed E-state index contributed by atoms with van der Waals surface area (Å²) in [6.07, 6.45) is 11.7. The van der Waals surface area contributed by atoms with Crippen molar-refractivity contribution < 1.29 is 4.74 Å². The fraction of sp³-hybridized carbons (Fsp3) is 0.714. The minimum absolute atomic E-state index is 0.828. The predicted molar refractivity (Wildman–Crippen MR) is 106 cm³/mol. The molecule has 0 spiro atoms. The molecule has 0 aromatic heterocycles. The number of anilines is 1. The van der Waals surface area contributed by atoms with E-state index in [0.29, 0.717) is 0 Å². The number of nitrogens with one attached hydrogen (secondary N) is 2. The molecule has 1 aromatic rings. The van der Waals surface area contributed by atoms with Gasteiger partial charge in [0.05, 0.1) is 6.61 Å². The third kappa shape index (κ3) is 11.3. The van der Waals surface area contributed by atoms with Gasteiger partial charge in [0.25, 0.3) is 0 Å². The SMILES string of the molecule is CCCCCCCNCCNc1ccc(OCCCCCC)cc1. The maximum absolute atomic E-state index is 5.77. The number of hydrogen-bond acceptors (Lipinski definition) is 3. The maximum Gasteiger partial charge on any atom is 0.119 e. The van der Waals surface area contributed by atoms with Crippen molar-refractivity contribution in [1.29, 1.82) is 0 Å². The Kier molecular flexibility index (Phi) is 13.3. The van der Waals surface area contributed by atoms with Gasteiger partial charge in [-0.3, -0.25) is 0 Å². The van der Waals surface area contributed by atoms with Crippen LogP contribution in [0.25, 0.3) is 0 Å². The second kappa shape index (κ2) is 15.3. The van der Waals surface area contributed by atoms with E-state index in [1.165, 1.54) is 51.4 Å². The molecule has 1 aromatic carbocycles. The van der Waals surface area contributed by atoms with Gasteiger partial charge in [-0.1, -0.05) is 58.8 Å². The predicted octanol–water partition coefficient (Wildman–Crippen LogP) is 5.62. The summed E-state index contributed by atoms with van der Waals surface area (Å²) in [7, 11) is 0. The van der Waals surface area contributed by atoms with Gasteiger partial charge in [0.1, 0.15) is 5.75 Å². The van der Waals surface area contributed by atoms with E-state index in [2.05, 4.69) is 48.7 Å². The van der Waals surface area contributed by atoms with Gasteiger partial charge in [0.2, 0.25) is 0 Å². The summed E-state index contributed by atoms with van der Waals surface area (Å²) in [5.41, 5.74) is 1.16. The van der Waals surface area contributed by atoms with E-state index in [4.69, 9.17) is 4.74 Å². The fourth-order valence-corrected chi connectivity index (χ4v) is 2.66. The molecule has 138 valence electrons. The topological polar surface area (TPSA) is 33.3 Å². The van der Waals surface area contributed by atoms with Gasteiger partial charge in [-0.05, 0) is 43.7 Å². The van der Waals surface area contributed by atoms with Gasteiger partial charge in [-0.2, -0.15) is 0 Å². The quantitative estimate of drug-likeness (QED) is 0.385. The van der Waals surface area contributed by atoms with Crippen molar-refractivity contribution in [2.24, 2.45) is 0 Å². The molecule has 0 saturated carbocycles. The Hall–Kier alpha value is -1.22. The number of rotatable bonds is 16. The summed E-state index contributed by atoms with van der Waals surface area (Å²) in [6.45, 7) is 8.44. The lowest BCUT2D eigenvalue weighted by atomic mass is 10.1. The first kappa shape index (κ1) is 20.8. The Morgan fingerprint density at radius 1 is 0.708 bits per heavy atom. The third-order valence-corrected chi connectivity index (χ3v) is 4.21. The molecule has 0 fully saturated rings. The summed E-state index contributed by atoms with van der Waals surface area (Å²) >= 11 is 0. The highest BCUT2D eigenvalue weighted by Gasteiger charge is 1.96. The molecule has 0 aliphatic rings. The van der Waals surface area contributed by atoms with Crippen LogP contribution in [0.15, 0.2) is 24.3 Å². The first-order valence-corrected chi connectivity index (χ1v) is 10.0. The Bertz CT molecular complexity index is 378. The van der Waals surface area contributed by atoms with Crippen molar-refractivity contribution in [3.63, 3.8) is 0 Å². The van der Waals surface area contributed by atoms with Crippen molar-refractivity contribution in [1.82, 2.24) is 5.32 Å². The summed E-state index contributed by atoms with van der Waals surface area (Å²) in [5.74, 6) is 0.974. The number of hydrogen-bond donors (Lipinski definition) is 2. The molecule has 0 bridgehead atoms. The van der Waals surface area contributed by atoms with Crippen LogP contribution in [-0.2, 0) is 0 Å². The molecular formula is C21H38N2O. The molecule has 0 saturated heterocycles. The van der Waals surface area contributed by atoms with Crippen LogP contribution in [0.3, 0.4) is 0 Å². The molecule has 0 aliphatic carbocycles. The average molecular weight is 335 g/mol. The van der Waals surface area contributed by atoms with Crippen LogP contribution >= 0.6 is 0 Å². The zero-order valence-corrected chi connectivity index (χ0v) is 15.9. The Morgan fingerprint density at radius 3 is 2.08 bits per heavy atom. The molecule has 0 atom stereocenters. The highest BCUT2D eigenvalue weighted by atomic mass is 16.5. The van der Waals surface area contributed by atoms with Crippen LogP contribution in [0.2, 0.25) is 0 Å². The summed E-state index contributed by atoms with van der Waals surface area (Å²) < 4.78 is 5.77. The second-order valence-electron chi connectivity index (χ2n) is 6.52. The van der Waals surface area contributed by atoms with Crippen LogP contribution in [-0.4, -0.2) is 26.2 Å². The van der Waals surface area contributed by atoms with E-state index in [-0.39, 0.29) is 0 Å². The molecule has 24 heavy (non-hydrogen) atoms. The van der Waals surface area contributed by atoms with E-state index in [0.717, 1.165) is 44.1 Å². The molecule has 0 amide bonds. The van der Waals surface area contributed by atoms with Crippen molar-refractivity contribution in [3.8, 4) is 5.75 Å². The zero-order valence-electron chi connectivity index (χ0n) is 15.9. The van der Waals surface area contributed by atoms with Gasteiger partial charge in [-0.15, -0.1) is 0 Å². The van der Waals surface area contributed by atoms with Gasteiger partial charge in [0, 0.05) is 18.8 Å². The Balaban J connectivity index is 2.00. The Labute approximate surface area is 149 Å². The van der Waals surface area contributed by atoms with Crippen molar-refractivity contribution in [2.45, 2.75) is 71.6 Å². The smallest absolute Gasteiger partial charge is 0.119 e. The number of unbranched alkanes of at least 4 members (excludes halogenated alkanes) is 7. The van der Waals surface area contributed by atoms with Crippen molar-refractivity contribution in [3.05, 3.63) is 24.3 Å². The number of ether oxygens (including phenoxy) is 1. The lowest BCUT2D eigenvalue weighted by molar-refractivity contribution is 0.305. The first-order chi connectivity index (χ1) is 11.9. The molecule has 3 nitrogen and oxygen atoms in total. The first-order valence-electron chi connectivity index (χ1n) is 10.0. The summed E-state index contributed by atoms with van der Waals surface area (Å²) in [6, 6.07) is 8.32. The zero-order chi connectivity index (χ0) is 17.3. The molecular weight excluding hydrogens is 296 g/mol. The second-order valence-corrected chi connectivity index (χ2v) is 6.52. The molecule has 0 radical (unpaired) electrons. The third-order valence-electron chi connectivity index (χ3n) is 4.21. The minimum atomic E-state index is 0.828. The van der Waals surface area contributed by atoms with Crippen LogP contribution in [0, 0.1) is 0 Å². The monoisotopic (exact) mass is 334 g/mol. The highest BCUT2D eigenvalue weighted by Crippen LogP contribution is 2.16. The molecule has 0 unspecified atom stereocenters. The van der Waals surface area contributed by atoms with Gasteiger partial charge < -0.3 is 15.4 Å². The van der Waals surface area contributed by atoms with E-state index < -0.39 is 0 Å². The molecule has 1 rings (SSSR count). The van der Waals surface area contributed by atoms with E-state index in [9.17, 15) is 0 Å². The van der Waals surface area contributed by atoms with Crippen molar-refractivity contribution in [2.75, 3.05) is 31.6 Å². The van der Waals surface area contributed by atoms with E-state index in [1.807, 2.05) is 0 Å². The lowest BCUT2D eigenvalue weighted by Crippen LogP contribution is -2.23. The van der Waals surface area contributed by atoms with Crippen LogP contribution in [0.5, 0.6) is 5.75 Å². The fourth-order valence-electron chi connectivity index (χ4n) is 2.66. The standard InChI is InChI=1S/C21H38N2O/c1-3-5-7-9-10-16-22-17-18-23-20-12-14-21(15-13-20)24-19-11-8-6-4-2/h12-15,22-23H,3-11,16-19H2,1-2H3. The summed E-state index contributed by atoms with van der Waals surface area (Å²) in [5, 5.41) is 6.95. The van der Waals surface area contributed by atoms with E-state index >= 15 is 0 Å². The van der Waals surface area contributed by atoms with Crippen LogP contribution < -0.4 is 15.4 Å². The molecule has 0 heterocycles.